The fourth-order valence-corrected chi connectivity index (χ4v) is 4.32. The van der Waals surface area contributed by atoms with E-state index in [1.807, 2.05) is 12.1 Å². The van der Waals surface area contributed by atoms with Crippen molar-refractivity contribution in [1.82, 2.24) is 19.8 Å². The Morgan fingerprint density at radius 2 is 1.21 bits per heavy atom. The van der Waals surface area contributed by atoms with Crippen molar-refractivity contribution in [2.75, 3.05) is 72.4 Å². The molecule has 0 aliphatic carbocycles. The van der Waals surface area contributed by atoms with Crippen LogP contribution in [0.4, 0.5) is 0 Å². The van der Waals surface area contributed by atoms with Gasteiger partial charge in [0.2, 0.25) is 0 Å². The summed E-state index contributed by atoms with van der Waals surface area (Å²) >= 11 is 2.20. The van der Waals surface area contributed by atoms with E-state index in [9.17, 15) is 19.8 Å². The predicted octanol–water partition coefficient (Wildman–Crippen LogP) is 2.02. The van der Waals surface area contributed by atoms with Crippen LogP contribution in [0.3, 0.4) is 0 Å². The molecule has 1 unspecified atom stereocenters. The van der Waals surface area contributed by atoms with Gasteiger partial charge in [0.15, 0.2) is 0 Å². The number of alkyl halides is 1. The number of aromatic nitrogens is 2. The van der Waals surface area contributed by atoms with Gasteiger partial charge >= 0.3 is 11.9 Å². The van der Waals surface area contributed by atoms with Gasteiger partial charge in [-0.3, -0.25) is 9.80 Å². The molecule has 2 aromatic rings. The minimum atomic E-state index is -1.05. The number of carbonyl (C=O) groups is 2. The number of carboxylic acid groups (broad SMARTS) is 2. The molecule has 13 heteroatoms. The quantitative estimate of drug-likeness (QED) is 0.346. The van der Waals surface area contributed by atoms with Crippen molar-refractivity contribution >= 4 is 34.5 Å². The molecule has 2 aromatic heterocycles. The molecule has 0 saturated carbocycles. The van der Waals surface area contributed by atoms with Crippen molar-refractivity contribution in [3.8, 4) is 0 Å². The summed E-state index contributed by atoms with van der Waals surface area (Å²) in [6.45, 7) is 6.67. The van der Waals surface area contributed by atoms with Crippen LogP contribution < -0.4 is 0 Å². The van der Waals surface area contributed by atoms with Crippen LogP contribution in [0, 0.1) is 0 Å². The largest absolute Gasteiger partial charge is 0.477 e. The molecule has 0 aromatic carbocycles. The number of aromatic carboxylic acids is 2. The molecule has 0 spiro atoms. The first-order chi connectivity index (χ1) is 18.9. The Hall–Kier alpha value is -2.27. The zero-order valence-corrected chi connectivity index (χ0v) is 23.9. The van der Waals surface area contributed by atoms with Crippen molar-refractivity contribution in [3.05, 3.63) is 59.2 Å². The number of rotatable bonds is 6. The Kier molecular flexibility index (Phi) is 14.0. The molecular formula is C26H35IN4O8. The number of pyridine rings is 2. The van der Waals surface area contributed by atoms with Gasteiger partial charge in [0, 0.05) is 39.3 Å². The molecule has 12 nitrogen and oxygen atoms in total. The summed E-state index contributed by atoms with van der Waals surface area (Å²) < 4.78 is 23.2. The molecule has 39 heavy (non-hydrogen) atoms. The van der Waals surface area contributed by atoms with Gasteiger partial charge in [-0.25, -0.2) is 19.6 Å². The Balaban J connectivity index is 1.52. The second-order valence-corrected chi connectivity index (χ2v) is 10.2. The molecule has 0 amide bonds. The van der Waals surface area contributed by atoms with E-state index < -0.39 is 11.9 Å². The number of ether oxygens (including phenoxy) is 4. The maximum Gasteiger partial charge on any atom is 0.354 e. The van der Waals surface area contributed by atoms with Crippen LogP contribution in [0.15, 0.2) is 36.4 Å². The van der Waals surface area contributed by atoms with Gasteiger partial charge in [-0.2, -0.15) is 0 Å². The van der Waals surface area contributed by atoms with Crippen LogP contribution in [0.5, 0.6) is 0 Å². The number of hydrogen-bond acceptors (Lipinski definition) is 10. The van der Waals surface area contributed by atoms with E-state index in [1.165, 1.54) is 12.1 Å². The van der Waals surface area contributed by atoms with Crippen molar-refractivity contribution < 1.29 is 38.7 Å². The predicted molar refractivity (Wildman–Crippen MR) is 149 cm³/mol. The Morgan fingerprint density at radius 3 is 1.69 bits per heavy atom. The summed E-state index contributed by atoms with van der Waals surface area (Å²) in [5.74, 6) is -2.10. The third-order valence-electron chi connectivity index (χ3n) is 5.81. The average Bonchev–Trinajstić information content (AvgIpc) is 2.92. The highest BCUT2D eigenvalue weighted by Gasteiger charge is 2.14. The summed E-state index contributed by atoms with van der Waals surface area (Å²) in [4.78, 5) is 35.2. The first kappa shape index (κ1) is 31.3. The molecular weight excluding hydrogens is 623 g/mol. The highest BCUT2D eigenvalue weighted by atomic mass is 127. The van der Waals surface area contributed by atoms with E-state index >= 15 is 0 Å². The van der Waals surface area contributed by atoms with Crippen LogP contribution in [0.2, 0.25) is 0 Å². The zero-order valence-electron chi connectivity index (χ0n) is 21.7. The van der Waals surface area contributed by atoms with Crippen LogP contribution in [-0.2, 0) is 32.0 Å². The topological polar surface area (TPSA) is 144 Å². The van der Waals surface area contributed by atoms with Gasteiger partial charge in [0.1, 0.15) is 15.5 Å². The standard InChI is InChI=1S/C26H35IN4O8/c27-24-19-38-13-9-30(17-20-3-1-5-22(28-20)25(32)33)7-11-36-15-16-37-12-8-31(10-14-39-24)18-21-4-2-6-23(29-21)26(34)35/h1-6,24H,7-19H2,(H,32,33)(H,34,35). The third kappa shape index (κ3) is 12.2. The zero-order chi connectivity index (χ0) is 27.9. The molecule has 1 aliphatic rings. The molecule has 1 fully saturated rings. The van der Waals surface area contributed by atoms with Crippen molar-refractivity contribution in [2.24, 2.45) is 0 Å². The summed E-state index contributed by atoms with van der Waals surface area (Å²) in [5.41, 5.74) is 1.38. The van der Waals surface area contributed by atoms with Crippen LogP contribution in [0.25, 0.3) is 0 Å². The molecule has 0 radical (unpaired) electrons. The molecule has 0 bridgehead atoms. The molecule has 1 atom stereocenters. The third-order valence-corrected chi connectivity index (χ3v) is 6.52. The van der Waals surface area contributed by atoms with E-state index in [0.717, 1.165) is 0 Å². The molecule has 3 heterocycles. The van der Waals surface area contributed by atoms with Crippen LogP contribution in [-0.4, -0.2) is 118 Å². The van der Waals surface area contributed by atoms with Gasteiger partial charge in [-0.1, -0.05) is 12.1 Å². The van der Waals surface area contributed by atoms with Crippen molar-refractivity contribution in [3.63, 3.8) is 0 Å². The highest BCUT2D eigenvalue weighted by Crippen LogP contribution is 2.09. The Morgan fingerprint density at radius 1 is 0.744 bits per heavy atom. The van der Waals surface area contributed by atoms with Gasteiger partial charge < -0.3 is 29.2 Å². The van der Waals surface area contributed by atoms with E-state index in [0.29, 0.717) is 96.9 Å². The van der Waals surface area contributed by atoms with Crippen molar-refractivity contribution in [1.29, 1.82) is 0 Å². The van der Waals surface area contributed by atoms with Gasteiger partial charge in [0.25, 0.3) is 0 Å². The van der Waals surface area contributed by atoms with Gasteiger partial charge in [0.05, 0.1) is 57.6 Å². The van der Waals surface area contributed by atoms with E-state index in [1.54, 1.807) is 12.1 Å². The Bertz CT molecular complexity index is 1050. The maximum absolute atomic E-state index is 11.3. The molecule has 1 aliphatic heterocycles. The SMILES string of the molecule is O=C(O)c1cccc(CN2CCOCCOCCN(Cc3cccc(C(=O)O)n3)CCOC(I)COCC2)n1. The lowest BCUT2D eigenvalue weighted by Gasteiger charge is -2.24. The monoisotopic (exact) mass is 658 g/mol. The summed E-state index contributed by atoms with van der Waals surface area (Å²) in [6, 6.07) is 9.97. The molecule has 2 N–H and O–H groups in total. The minimum Gasteiger partial charge on any atom is -0.477 e. The number of carboxylic acids is 2. The van der Waals surface area contributed by atoms with Crippen LogP contribution >= 0.6 is 22.6 Å². The van der Waals surface area contributed by atoms with Crippen molar-refractivity contribution in [2.45, 2.75) is 17.2 Å². The van der Waals surface area contributed by atoms with Crippen LogP contribution in [0.1, 0.15) is 32.4 Å². The maximum atomic E-state index is 11.3. The normalized spacial score (nSPS) is 20.1. The highest BCUT2D eigenvalue weighted by molar-refractivity contribution is 14.1. The first-order valence-corrected chi connectivity index (χ1v) is 14.0. The molecule has 214 valence electrons. The lowest BCUT2D eigenvalue weighted by molar-refractivity contribution is 0.00149. The van der Waals surface area contributed by atoms with Gasteiger partial charge in [-0.05, 0) is 46.9 Å². The average molecular weight is 658 g/mol. The summed E-state index contributed by atoms with van der Waals surface area (Å²) in [5, 5.41) is 18.4. The smallest absolute Gasteiger partial charge is 0.354 e. The number of halogens is 1. The van der Waals surface area contributed by atoms with E-state index in [2.05, 4.69) is 42.4 Å². The fourth-order valence-electron chi connectivity index (χ4n) is 3.81. The molecule has 3 rings (SSSR count). The minimum absolute atomic E-state index is 0.0200. The number of hydrogen-bond donors (Lipinski definition) is 2. The molecule has 1 saturated heterocycles. The second-order valence-electron chi connectivity index (χ2n) is 8.77. The lowest BCUT2D eigenvalue weighted by atomic mass is 10.3. The second kappa shape index (κ2) is 17.4. The Labute approximate surface area is 241 Å². The van der Waals surface area contributed by atoms with E-state index in [-0.39, 0.29) is 15.5 Å². The fraction of sp³-hybridized carbons (Fsp3) is 0.538. The van der Waals surface area contributed by atoms with E-state index in [4.69, 9.17) is 18.9 Å². The lowest BCUT2D eigenvalue weighted by Crippen LogP contribution is -2.33. The van der Waals surface area contributed by atoms with Gasteiger partial charge in [-0.15, -0.1) is 0 Å². The summed E-state index contributed by atoms with van der Waals surface area (Å²) in [7, 11) is 0. The summed E-state index contributed by atoms with van der Waals surface area (Å²) in [6.07, 6.45) is 0. The number of nitrogens with zero attached hydrogens (tertiary/aromatic N) is 4. The first-order valence-electron chi connectivity index (χ1n) is 12.7.